The molecule has 0 bridgehead atoms. The van der Waals surface area contributed by atoms with Crippen LogP contribution in [0.15, 0.2) is 12.1 Å². The van der Waals surface area contributed by atoms with Gasteiger partial charge in [-0.2, -0.15) is 0 Å². The lowest BCUT2D eigenvalue weighted by Gasteiger charge is -2.13. The van der Waals surface area contributed by atoms with Crippen molar-refractivity contribution in [2.45, 2.75) is 91.4 Å². The van der Waals surface area contributed by atoms with Gasteiger partial charge in [0.1, 0.15) is 5.75 Å². The number of aromatic hydroxyl groups is 1. The van der Waals surface area contributed by atoms with Gasteiger partial charge in [-0.05, 0) is 55.2 Å². The normalized spacial score (nSPS) is 11.0. The highest BCUT2D eigenvalue weighted by atomic mass is 16.3. The van der Waals surface area contributed by atoms with Gasteiger partial charge in [0, 0.05) is 0 Å². The predicted molar refractivity (Wildman–Crippen MR) is 93.2 cm³/mol. The third-order valence-electron chi connectivity index (χ3n) is 4.25. The molecule has 1 rings (SSSR count). The number of hydrogen-bond donors (Lipinski definition) is 1. The molecule has 0 saturated carbocycles. The molecule has 0 spiro atoms. The van der Waals surface area contributed by atoms with E-state index in [2.05, 4.69) is 32.9 Å². The molecule has 0 aromatic heterocycles. The third kappa shape index (κ3) is 6.54. The van der Waals surface area contributed by atoms with Crippen molar-refractivity contribution in [1.29, 1.82) is 0 Å². The van der Waals surface area contributed by atoms with Gasteiger partial charge in [0.15, 0.2) is 0 Å². The largest absolute Gasteiger partial charge is 0.507 e. The Morgan fingerprint density at radius 3 is 1.67 bits per heavy atom. The molecule has 0 amide bonds. The van der Waals surface area contributed by atoms with Crippen molar-refractivity contribution < 1.29 is 5.11 Å². The summed E-state index contributed by atoms with van der Waals surface area (Å²) < 4.78 is 0. The predicted octanol–water partition coefficient (Wildman–Crippen LogP) is 6.20. The van der Waals surface area contributed by atoms with Crippen LogP contribution in [-0.2, 0) is 19.3 Å². The Labute approximate surface area is 131 Å². The monoisotopic (exact) mass is 290 g/mol. The topological polar surface area (TPSA) is 20.2 Å². The quantitative estimate of drug-likeness (QED) is 0.481. The number of rotatable bonds is 11. The van der Waals surface area contributed by atoms with Gasteiger partial charge < -0.3 is 5.11 Å². The zero-order chi connectivity index (χ0) is 15.5. The van der Waals surface area contributed by atoms with Gasteiger partial charge in [-0.3, -0.25) is 0 Å². The van der Waals surface area contributed by atoms with Crippen LogP contribution in [0.5, 0.6) is 5.75 Å². The molecular weight excluding hydrogens is 256 g/mol. The zero-order valence-corrected chi connectivity index (χ0v) is 14.4. The molecule has 0 radical (unpaired) electrons. The fourth-order valence-corrected chi connectivity index (χ4v) is 2.87. The summed E-state index contributed by atoms with van der Waals surface area (Å²) in [7, 11) is 0. The summed E-state index contributed by atoms with van der Waals surface area (Å²) in [5.41, 5.74) is 3.79. The van der Waals surface area contributed by atoms with Gasteiger partial charge in [0.05, 0.1) is 0 Å². The summed E-state index contributed by atoms with van der Waals surface area (Å²) in [5.74, 6) is 0.582. The summed E-state index contributed by atoms with van der Waals surface area (Å²) >= 11 is 0. The minimum atomic E-state index is 0.582. The molecule has 0 aliphatic heterocycles. The average Bonchev–Trinajstić information content (AvgIpc) is 2.49. The first-order valence-corrected chi connectivity index (χ1v) is 9.06. The van der Waals surface area contributed by atoms with E-state index in [1.165, 1.54) is 68.1 Å². The van der Waals surface area contributed by atoms with Crippen LogP contribution in [0, 0.1) is 0 Å². The van der Waals surface area contributed by atoms with Crippen molar-refractivity contribution in [3.63, 3.8) is 0 Å². The summed E-state index contributed by atoms with van der Waals surface area (Å²) in [6.45, 7) is 6.69. The molecule has 0 atom stereocenters. The number of unbranched alkanes of at least 4 members (excludes halogenated alkanes) is 5. The Balaban J connectivity index is 2.83. The first-order valence-electron chi connectivity index (χ1n) is 9.06. The van der Waals surface area contributed by atoms with E-state index in [0.717, 1.165) is 19.3 Å². The fraction of sp³-hybridized carbons (Fsp3) is 0.700. The molecule has 0 aliphatic carbocycles. The standard InChI is InChI=1S/C20H34O/c1-4-7-10-12-17-15-18(13-9-6-3)20(21)19(16-17)14-11-8-5-2/h15-16,21H,4-14H2,1-3H3. The summed E-state index contributed by atoms with van der Waals surface area (Å²) in [6.07, 6.45) is 13.1. The van der Waals surface area contributed by atoms with E-state index in [4.69, 9.17) is 0 Å². The molecule has 1 aromatic carbocycles. The summed E-state index contributed by atoms with van der Waals surface area (Å²) in [5, 5.41) is 10.5. The van der Waals surface area contributed by atoms with Gasteiger partial charge in [-0.15, -0.1) is 0 Å². The maximum Gasteiger partial charge on any atom is 0.121 e. The lowest BCUT2D eigenvalue weighted by Crippen LogP contribution is -1.97. The highest BCUT2D eigenvalue weighted by Gasteiger charge is 2.10. The lowest BCUT2D eigenvalue weighted by atomic mass is 9.94. The molecule has 1 heteroatoms. The Kier molecular flexibility index (Phi) is 9.21. The molecular formula is C20H34O. The molecule has 0 aliphatic rings. The van der Waals surface area contributed by atoms with Gasteiger partial charge >= 0.3 is 0 Å². The van der Waals surface area contributed by atoms with Crippen LogP contribution >= 0.6 is 0 Å². The second-order valence-corrected chi connectivity index (χ2v) is 6.28. The summed E-state index contributed by atoms with van der Waals surface area (Å²) in [6, 6.07) is 4.51. The van der Waals surface area contributed by atoms with Crippen molar-refractivity contribution in [1.82, 2.24) is 0 Å². The minimum absolute atomic E-state index is 0.582. The number of hydrogen-bond acceptors (Lipinski definition) is 1. The Hall–Kier alpha value is -0.980. The van der Waals surface area contributed by atoms with Crippen LogP contribution in [0.25, 0.3) is 0 Å². The number of benzene rings is 1. The third-order valence-corrected chi connectivity index (χ3v) is 4.25. The smallest absolute Gasteiger partial charge is 0.121 e. The maximum absolute atomic E-state index is 10.5. The van der Waals surface area contributed by atoms with Crippen LogP contribution < -0.4 is 0 Å². The lowest BCUT2D eigenvalue weighted by molar-refractivity contribution is 0.457. The molecule has 0 fully saturated rings. The molecule has 1 aromatic rings. The Bertz CT molecular complexity index is 395. The van der Waals surface area contributed by atoms with E-state index < -0.39 is 0 Å². The molecule has 1 nitrogen and oxygen atoms in total. The fourth-order valence-electron chi connectivity index (χ4n) is 2.87. The van der Waals surface area contributed by atoms with Crippen LogP contribution in [0.1, 0.15) is 88.8 Å². The van der Waals surface area contributed by atoms with E-state index in [-0.39, 0.29) is 0 Å². The van der Waals surface area contributed by atoms with E-state index >= 15 is 0 Å². The van der Waals surface area contributed by atoms with E-state index in [9.17, 15) is 5.11 Å². The molecule has 0 unspecified atom stereocenters. The van der Waals surface area contributed by atoms with Crippen LogP contribution in [-0.4, -0.2) is 5.11 Å². The van der Waals surface area contributed by atoms with E-state index in [1.807, 2.05) is 0 Å². The second kappa shape index (κ2) is 10.7. The molecule has 1 N–H and O–H groups in total. The Morgan fingerprint density at radius 2 is 1.14 bits per heavy atom. The highest BCUT2D eigenvalue weighted by molar-refractivity contribution is 5.44. The van der Waals surface area contributed by atoms with Crippen molar-refractivity contribution in [2.75, 3.05) is 0 Å². The van der Waals surface area contributed by atoms with Gasteiger partial charge in [0.25, 0.3) is 0 Å². The zero-order valence-electron chi connectivity index (χ0n) is 14.4. The van der Waals surface area contributed by atoms with Crippen molar-refractivity contribution >= 4 is 0 Å². The van der Waals surface area contributed by atoms with Crippen molar-refractivity contribution in [2.24, 2.45) is 0 Å². The van der Waals surface area contributed by atoms with Crippen LogP contribution in [0.2, 0.25) is 0 Å². The average molecular weight is 290 g/mol. The van der Waals surface area contributed by atoms with Crippen molar-refractivity contribution in [3.05, 3.63) is 28.8 Å². The summed E-state index contributed by atoms with van der Waals surface area (Å²) in [4.78, 5) is 0. The first-order chi connectivity index (χ1) is 10.2. The minimum Gasteiger partial charge on any atom is -0.507 e. The van der Waals surface area contributed by atoms with Gasteiger partial charge in [-0.25, -0.2) is 0 Å². The van der Waals surface area contributed by atoms with E-state index in [1.54, 1.807) is 0 Å². The SMILES string of the molecule is CCCCCc1cc(CCCC)c(O)c(CCCCC)c1. The molecule has 120 valence electrons. The van der Waals surface area contributed by atoms with Gasteiger partial charge in [-0.1, -0.05) is 65.0 Å². The first kappa shape index (κ1) is 18.1. The van der Waals surface area contributed by atoms with Crippen molar-refractivity contribution in [3.8, 4) is 5.75 Å². The maximum atomic E-state index is 10.5. The number of phenols is 1. The van der Waals surface area contributed by atoms with E-state index in [0.29, 0.717) is 5.75 Å². The van der Waals surface area contributed by atoms with Crippen LogP contribution in [0.4, 0.5) is 0 Å². The second-order valence-electron chi connectivity index (χ2n) is 6.28. The Morgan fingerprint density at radius 1 is 0.667 bits per heavy atom. The number of phenolic OH excluding ortho intramolecular Hbond substituents is 1. The van der Waals surface area contributed by atoms with Crippen LogP contribution in [0.3, 0.4) is 0 Å². The highest BCUT2D eigenvalue weighted by Crippen LogP contribution is 2.28. The molecule has 0 heterocycles. The molecule has 0 saturated heterocycles. The number of aryl methyl sites for hydroxylation is 3. The van der Waals surface area contributed by atoms with Gasteiger partial charge in [0.2, 0.25) is 0 Å². The molecule has 21 heavy (non-hydrogen) atoms.